The number of rotatable bonds is 5. The summed E-state index contributed by atoms with van der Waals surface area (Å²) in [7, 11) is 4.96. The summed E-state index contributed by atoms with van der Waals surface area (Å²) in [6.45, 7) is 0.638. The Balaban J connectivity index is 1.82. The van der Waals surface area contributed by atoms with E-state index in [0.717, 1.165) is 29.7 Å². The van der Waals surface area contributed by atoms with Crippen LogP contribution in [0.25, 0.3) is 11.1 Å². The Kier molecular flexibility index (Phi) is 4.99. The number of carbonyl (C=O) groups is 1. The van der Waals surface area contributed by atoms with E-state index in [1.807, 2.05) is 29.2 Å². The van der Waals surface area contributed by atoms with Crippen molar-refractivity contribution in [2.75, 3.05) is 27.9 Å². The Morgan fingerprint density at radius 1 is 0.857 bits per heavy atom. The summed E-state index contributed by atoms with van der Waals surface area (Å²) < 4.78 is 16.2. The van der Waals surface area contributed by atoms with E-state index in [1.54, 1.807) is 21.3 Å². The van der Waals surface area contributed by atoms with Crippen LogP contribution in [-0.2, 0) is 4.79 Å². The molecule has 1 amide bonds. The first-order valence-corrected chi connectivity index (χ1v) is 9.53. The quantitative estimate of drug-likeness (QED) is 0.787. The molecule has 4 rings (SSSR count). The number of ether oxygens (including phenoxy) is 3. The molecule has 0 N–H and O–H groups in total. The van der Waals surface area contributed by atoms with Crippen molar-refractivity contribution in [3.05, 3.63) is 53.6 Å². The van der Waals surface area contributed by atoms with Gasteiger partial charge in [-0.2, -0.15) is 0 Å². The van der Waals surface area contributed by atoms with Gasteiger partial charge in [0, 0.05) is 19.0 Å². The van der Waals surface area contributed by atoms with Crippen molar-refractivity contribution in [1.82, 2.24) is 4.90 Å². The molecule has 5 nitrogen and oxygen atoms in total. The molecular weight excluding hydrogens is 354 g/mol. The first kappa shape index (κ1) is 18.4. The smallest absolute Gasteiger partial charge is 0.223 e. The molecule has 0 bridgehead atoms. The fourth-order valence-corrected chi connectivity index (χ4v) is 4.22. The minimum absolute atomic E-state index is 0.252. The second-order valence-electron chi connectivity index (χ2n) is 7.17. The Bertz CT molecular complexity index is 917. The lowest BCUT2D eigenvalue weighted by atomic mass is 9.86. The van der Waals surface area contributed by atoms with Crippen LogP contribution in [0.2, 0.25) is 0 Å². The van der Waals surface area contributed by atoms with Crippen LogP contribution < -0.4 is 14.2 Å². The number of nitrogens with zero attached hydrogens (tertiary/aromatic N) is 1. The molecule has 0 unspecified atom stereocenters. The zero-order chi connectivity index (χ0) is 19.7. The molecule has 1 atom stereocenters. The Morgan fingerprint density at radius 3 is 2.25 bits per heavy atom. The lowest BCUT2D eigenvalue weighted by Gasteiger charge is -2.34. The average molecular weight is 379 g/mol. The molecule has 146 valence electrons. The predicted octanol–water partition coefficient (Wildman–Crippen LogP) is 4.02. The fourth-order valence-electron chi connectivity index (χ4n) is 4.22. The molecule has 1 fully saturated rings. The van der Waals surface area contributed by atoms with E-state index in [2.05, 4.69) is 18.2 Å². The summed E-state index contributed by atoms with van der Waals surface area (Å²) in [4.78, 5) is 14.4. The molecule has 28 heavy (non-hydrogen) atoms. The second-order valence-corrected chi connectivity index (χ2v) is 7.17. The van der Waals surface area contributed by atoms with Crippen molar-refractivity contribution in [1.29, 1.82) is 0 Å². The maximum Gasteiger partial charge on any atom is 0.223 e. The third kappa shape index (κ3) is 3.21. The zero-order valence-electron chi connectivity index (χ0n) is 16.5. The van der Waals surface area contributed by atoms with Crippen LogP contribution in [0, 0.1) is 0 Å². The maximum absolute atomic E-state index is 12.4. The molecule has 2 aliphatic heterocycles. The molecule has 5 heteroatoms. The second kappa shape index (κ2) is 7.58. The molecule has 2 aromatic rings. The predicted molar refractivity (Wildman–Crippen MR) is 109 cm³/mol. The first-order valence-electron chi connectivity index (χ1n) is 9.53. The summed E-state index contributed by atoms with van der Waals surface area (Å²) in [6.07, 6.45) is 2.41. The van der Waals surface area contributed by atoms with Crippen LogP contribution in [0.5, 0.6) is 17.2 Å². The van der Waals surface area contributed by atoms with E-state index in [0.29, 0.717) is 24.5 Å². The van der Waals surface area contributed by atoms with E-state index >= 15 is 0 Å². The first-order chi connectivity index (χ1) is 13.6. The van der Waals surface area contributed by atoms with Gasteiger partial charge in [0.05, 0.1) is 21.3 Å². The van der Waals surface area contributed by atoms with Crippen molar-refractivity contribution < 1.29 is 19.0 Å². The SMILES string of the molecule is COc1ccc(C2=C(c3ccc(OC)c(OC)c3)C[C@@H]3CCC(=O)N3C2)cc1. The molecule has 1 saturated heterocycles. The minimum atomic E-state index is 0.252. The number of benzene rings is 2. The van der Waals surface area contributed by atoms with E-state index in [4.69, 9.17) is 14.2 Å². The van der Waals surface area contributed by atoms with Gasteiger partial charge in [-0.05, 0) is 59.4 Å². The molecule has 0 saturated carbocycles. The van der Waals surface area contributed by atoms with Gasteiger partial charge in [-0.25, -0.2) is 0 Å². The number of fused-ring (bicyclic) bond motifs is 1. The molecule has 2 aromatic carbocycles. The third-order valence-corrected chi connectivity index (χ3v) is 5.76. The standard InChI is InChI=1S/C23H25NO4/c1-26-18-8-4-15(5-9-18)20-14-24-17(7-11-23(24)25)13-19(20)16-6-10-21(27-2)22(12-16)28-3/h4-6,8-10,12,17H,7,11,13-14H2,1-3H3/t17-/m0/s1. The van der Waals surface area contributed by atoms with Crippen LogP contribution in [-0.4, -0.2) is 44.7 Å². The number of methoxy groups -OCH3 is 3. The van der Waals surface area contributed by atoms with Crippen molar-refractivity contribution in [2.24, 2.45) is 0 Å². The number of carbonyl (C=O) groups excluding carboxylic acids is 1. The van der Waals surface area contributed by atoms with E-state index < -0.39 is 0 Å². The van der Waals surface area contributed by atoms with Gasteiger partial charge in [0.1, 0.15) is 5.75 Å². The highest BCUT2D eigenvalue weighted by molar-refractivity contribution is 5.96. The van der Waals surface area contributed by atoms with Crippen molar-refractivity contribution in [3.63, 3.8) is 0 Å². The highest BCUT2D eigenvalue weighted by Crippen LogP contribution is 2.42. The Labute approximate surface area is 165 Å². The molecule has 2 aliphatic rings. The van der Waals surface area contributed by atoms with Crippen LogP contribution in [0.4, 0.5) is 0 Å². The summed E-state index contributed by atoms with van der Waals surface area (Å²) in [5.74, 6) is 2.50. The largest absolute Gasteiger partial charge is 0.497 e. The van der Waals surface area contributed by atoms with Gasteiger partial charge in [-0.1, -0.05) is 18.2 Å². The summed E-state index contributed by atoms with van der Waals surface area (Å²) in [5, 5.41) is 0. The van der Waals surface area contributed by atoms with E-state index in [9.17, 15) is 4.79 Å². The molecule has 0 aromatic heterocycles. The van der Waals surface area contributed by atoms with Gasteiger partial charge in [0.25, 0.3) is 0 Å². The van der Waals surface area contributed by atoms with Gasteiger partial charge >= 0.3 is 0 Å². The lowest BCUT2D eigenvalue weighted by molar-refractivity contribution is -0.128. The van der Waals surface area contributed by atoms with Crippen LogP contribution in [0.3, 0.4) is 0 Å². The summed E-state index contributed by atoms with van der Waals surface area (Å²) in [5.41, 5.74) is 4.68. The number of amides is 1. The van der Waals surface area contributed by atoms with Crippen molar-refractivity contribution in [3.8, 4) is 17.2 Å². The molecule has 0 spiro atoms. The minimum Gasteiger partial charge on any atom is -0.497 e. The molecule has 0 aliphatic carbocycles. The highest BCUT2D eigenvalue weighted by Gasteiger charge is 2.36. The van der Waals surface area contributed by atoms with Gasteiger partial charge in [-0.3, -0.25) is 4.79 Å². The van der Waals surface area contributed by atoms with Gasteiger partial charge in [-0.15, -0.1) is 0 Å². The normalized spacial score (nSPS) is 18.9. The highest BCUT2D eigenvalue weighted by atomic mass is 16.5. The number of hydrogen-bond donors (Lipinski definition) is 0. The van der Waals surface area contributed by atoms with E-state index in [-0.39, 0.29) is 11.9 Å². The summed E-state index contributed by atoms with van der Waals surface area (Å²) in [6, 6.07) is 14.4. The van der Waals surface area contributed by atoms with Crippen molar-refractivity contribution >= 4 is 17.1 Å². The monoisotopic (exact) mass is 379 g/mol. The third-order valence-electron chi connectivity index (χ3n) is 5.76. The molecule has 0 radical (unpaired) electrons. The topological polar surface area (TPSA) is 48.0 Å². The van der Waals surface area contributed by atoms with Gasteiger partial charge < -0.3 is 19.1 Å². The number of hydrogen-bond acceptors (Lipinski definition) is 4. The molecule has 2 heterocycles. The fraction of sp³-hybridized carbons (Fsp3) is 0.348. The average Bonchev–Trinajstić information content (AvgIpc) is 3.12. The summed E-state index contributed by atoms with van der Waals surface area (Å²) >= 11 is 0. The van der Waals surface area contributed by atoms with Crippen LogP contribution >= 0.6 is 0 Å². The van der Waals surface area contributed by atoms with Crippen LogP contribution in [0.15, 0.2) is 42.5 Å². The van der Waals surface area contributed by atoms with Gasteiger partial charge in [0.15, 0.2) is 11.5 Å². The maximum atomic E-state index is 12.4. The van der Waals surface area contributed by atoms with Crippen molar-refractivity contribution in [2.45, 2.75) is 25.3 Å². The molecular formula is C23H25NO4. The van der Waals surface area contributed by atoms with E-state index in [1.165, 1.54) is 11.1 Å². The lowest BCUT2D eigenvalue weighted by Crippen LogP contribution is -2.37. The van der Waals surface area contributed by atoms with Crippen LogP contribution in [0.1, 0.15) is 30.4 Å². The zero-order valence-corrected chi connectivity index (χ0v) is 16.5. The van der Waals surface area contributed by atoms with Gasteiger partial charge in [0.2, 0.25) is 5.91 Å². The Morgan fingerprint density at radius 2 is 1.57 bits per heavy atom. The Hall–Kier alpha value is -2.95.